The number of methoxy groups -OCH3 is 1. The van der Waals surface area contributed by atoms with Gasteiger partial charge in [0.15, 0.2) is 12.3 Å². The van der Waals surface area contributed by atoms with Crippen LogP contribution in [0.1, 0.15) is 16.7 Å². The van der Waals surface area contributed by atoms with Gasteiger partial charge in [0.1, 0.15) is 11.4 Å². The molecule has 0 fully saturated rings. The van der Waals surface area contributed by atoms with Gasteiger partial charge < -0.3 is 14.8 Å². The van der Waals surface area contributed by atoms with Crippen molar-refractivity contribution in [3.63, 3.8) is 0 Å². The quantitative estimate of drug-likeness (QED) is 0.444. The van der Waals surface area contributed by atoms with E-state index in [1.54, 1.807) is 31.1 Å². The van der Waals surface area contributed by atoms with Crippen molar-refractivity contribution in [2.75, 3.05) is 20.3 Å². The number of pyridine rings is 1. The molecular weight excluding hydrogens is 420 g/mol. The summed E-state index contributed by atoms with van der Waals surface area (Å²) in [6, 6.07) is 10.1. The van der Waals surface area contributed by atoms with E-state index in [2.05, 4.69) is 56.6 Å². The van der Waals surface area contributed by atoms with E-state index >= 15 is 0 Å². The van der Waals surface area contributed by atoms with Crippen molar-refractivity contribution in [1.82, 2.24) is 30.0 Å². The Labute approximate surface area is 191 Å². The van der Waals surface area contributed by atoms with Crippen LogP contribution in [0, 0.1) is 13.8 Å². The molecule has 3 heterocycles. The lowest BCUT2D eigenvalue weighted by Gasteiger charge is -2.09. The average Bonchev–Trinajstić information content (AvgIpc) is 3.16. The van der Waals surface area contributed by atoms with Crippen LogP contribution in [-0.2, 0) is 18.3 Å². The van der Waals surface area contributed by atoms with Crippen LogP contribution in [0.3, 0.4) is 0 Å². The normalized spacial score (nSPS) is 10.9. The Hall–Kier alpha value is -4.01. The third-order valence-corrected chi connectivity index (χ3v) is 5.24. The molecule has 9 nitrogen and oxygen atoms in total. The van der Waals surface area contributed by atoms with Gasteiger partial charge in [0.25, 0.3) is 5.91 Å². The lowest BCUT2D eigenvalue weighted by molar-refractivity contribution is -0.123. The summed E-state index contributed by atoms with van der Waals surface area (Å²) < 4.78 is 12.5. The maximum absolute atomic E-state index is 12.2. The molecule has 9 heteroatoms. The standard InChI is InChI=1S/C24H26N6O3/c1-15-5-7-17(8-6-15)9-10-26-19(31)14-33-20-11-16(2)22-23(29-30(3)24(22)28-20)18-12-25-13-21(27-18)32-4/h5-8,11-13H,9-10,14H2,1-4H3,(H,26,31). The lowest BCUT2D eigenvalue weighted by Crippen LogP contribution is -2.30. The zero-order valence-corrected chi connectivity index (χ0v) is 19.1. The van der Waals surface area contributed by atoms with Crippen LogP contribution in [-0.4, -0.2) is 50.9 Å². The highest BCUT2D eigenvalue weighted by molar-refractivity contribution is 5.93. The number of ether oxygens (including phenoxy) is 2. The summed E-state index contributed by atoms with van der Waals surface area (Å²) >= 11 is 0. The molecule has 0 saturated carbocycles. The van der Waals surface area contributed by atoms with Crippen molar-refractivity contribution in [3.05, 3.63) is 59.4 Å². The molecular formula is C24H26N6O3. The van der Waals surface area contributed by atoms with Crippen LogP contribution < -0.4 is 14.8 Å². The molecule has 1 amide bonds. The van der Waals surface area contributed by atoms with Crippen molar-refractivity contribution in [2.24, 2.45) is 7.05 Å². The number of rotatable bonds is 8. The lowest BCUT2D eigenvalue weighted by atomic mass is 10.1. The molecule has 1 aromatic carbocycles. The molecule has 0 bridgehead atoms. The Kier molecular flexibility index (Phi) is 6.48. The number of aryl methyl sites for hydroxylation is 3. The number of hydrogen-bond acceptors (Lipinski definition) is 7. The van der Waals surface area contributed by atoms with Crippen molar-refractivity contribution >= 4 is 16.9 Å². The molecule has 0 spiro atoms. The number of carbonyl (C=O) groups is 1. The zero-order chi connectivity index (χ0) is 23.4. The van der Waals surface area contributed by atoms with Crippen molar-refractivity contribution in [2.45, 2.75) is 20.3 Å². The van der Waals surface area contributed by atoms with Crippen LogP contribution >= 0.6 is 0 Å². The molecule has 0 aliphatic carbocycles. The third kappa shape index (κ3) is 5.08. The highest BCUT2D eigenvalue weighted by Gasteiger charge is 2.18. The van der Waals surface area contributed by atoms with Crippen molar-refractivity contribution in [1.29, 1.82) is 0 Å². The average molecular weight is 447 g/mol. The monoisotopic (exact) mass is 446 g/mol. The Balaban J connectivity index is 1.43. The first kappa shape index (κ1) is 22.2. The molecule has 0 radical (unpaired) electrons. The molecule has 33 heavy (non-hydrogen) atoms. The van der Waals surface area contributed by atoms with Crippen LogP contribution in [0.25, 0.3) is 22.4 Å². The van der Waals surface area contributed by atoms with Gasteiger partial charge in [0, 0.05) is 19.7 Å². The smallest absolute Gasteiger partial charge is 0.258 e. The highest BCUT2D eigenvalue weighted by Crippen LogP contribution is 2.30. The molecule has 0 atom stereocenters. The first-order chi connectivity index (χ1) is 15.9. The molecule has 3 aromatic heterocycles. The van der Waals surface area contributed by atoms with Crippen molar-refractivity contribution in [3.8, 4) is 23.1 Å². The molecule has 1 N–H and O–H groups in total. The Morgan fingerprint density at radius 2 is 1.88 bits per heavy atom. The van der Waals surface area contributed by atoms with E-state index in [1.807, 2.05) is 6.92 Å². The number of carbonyl (C=O) groups excluding carboxylic acids is 1. The summed E-state index contributed by atoms with van der Waals surface area (Å²) in [6.45, 7) is 4.42. The number of benzene rings is 1. The second-order valence-corrected chi connectivity index (χ2v) is 7.77. The molecule has 0 aliphatic rings. The Morgan fingerprint density at radius 1 is 1.09 bits per heavy atom. The van der Waals surface area contributed by atoms with E-state index in [0.29, 0.717) is 35.3 Å². The zero-order valence-electron chi connectivity index (χ0n) is 19.1. The number of fused-ring (bicyclic) bond motifs is 1. The Bertz CT molecular complexity index is 1280. The minimum atomic E-state index is -0.195. The van der Waals surface area contributed by atoms with E-state index in [9.17, 15) is 4.79 Å². The first-order valence-electron chi connectivity index (χ1n) is 10.6. The summed E-state index contributed by atoms with van der Waals surface area (Å²) in [5.74, 6) is 0.573. The van der Waals surface area contributed by atoms with E-state index in [-0.39, 0.29) is 12.5 Å². The van der Waals surface area contributed by atoms with E-state index in [1.165, 1.54) is 17.3 Å². The number of nitrogens with one attached hydrogen (secondary N) is 1. The number of hydrogen-bond donors (Lipinski definition) is 1. The molecule has 0 aliphatic heterocycles. The fraction of sp³-hybridized carbons (Fsp3) is 0.292. The van der Waals surface area contributed by atoms with Gasteiger partial charge in [-0.2, -0.15) is 10.1 Å². The first-order valence-corrected chi connectivity index (χ1v) is 10.6. The second-order valence-electron chi connectivity index (χ2n) is 7.77. The van der Waals surface area contributed by atoms with Crippen LogP contribution in [0.2, 0.25) is 0 Å². The second kappa shape index (κ2) is 9.64. The third-order valence-electron chi connectivity index (χ3n) is 5.24. The minimum absolute atomic E-state index is 0.113. The highest BCUT2D eigenvalue weighted by atomic mass is 16.5. The number of aromatic nitrogens is 5. The summed E-state index contributed by atoms with van der Waals surface area (Å²) in [7, 11) is 3.34. The maximum Gasteiger partial charge on any atom is 0.258 e. The minimum Gasteiger partial charge on any atom is -0.480 e. The van der Waals surface area contributed by atoms with Gasteiger partial charge in [-0.25, -0.2) is 9.67 Å². The Morgan fingerprint density at radius 3 is 2.64 bits per heavy atom. The van der Waals surface area contributed by atoms with Gasteiger partial charge in [-0.15, -0.1) is 0 Å². The van der Waals surface area contributed by atoms with Gasteiger partial charge in [-0.05, 0) is 31.4 Å². The topological polar surface area (TPSA) is 104 Å². The number of amides is 1. The number of nitrogens with zero attached hydrogens (tertiary/aromatic N) is 5. The predicted octanol–water partition coefficient (Wildman–Crippen LogP) is 2.79. The molecule has 4 aromatic rings. The molecule has 170 valence electrons. The predicted molar refractivity (Wildman–Crippen MR) is 124 cm³/mol. The summed E-state index contributed by atoms with van der Waals surface area (Å²) in [4.78, 5) is 25.4. The summed E-state index contributed by atoms with van der Waals surface area (Å²) in [5, 5.41) is 8.29. The SMILES string of the molecule is COc1cncc(-c2nn(C)c3nc(OCC(=O)NCCc4ccc(C)cc4)cc(C)c23)n1. The maximum atomic E-state index is 12.2. The molecule has 0 unspecified atom stereocenters. The summed E-state index contributed by atoms with van der Waals surface area (Å²) in [5.41, 5.74) is 5.17. The van der Waals surface area contributed by atoms with E-state index < -0.39 is 0 Å². The van der Waals surface area contributed by atoms with Gasteiger partial charge in [0.05, 0.1) is 24.9 Å². The fourth-order valence-corrected chi connectivity index (χ4v) is 3.51. The molecule has 0 saturated heterocycles. The van der Waals surface area contributed by atoms with Crippen LogP contribution in [0.5, 0.6) is 11.8 Å². The van der Waals surface area contributed by atoms with Crippen molar-refractivity contribution < 1.29 is 14.3 Å². The van der Waals surface area contributed by atoms with E-state index in [0.717, 1.165) is 17.4 Å². The summed E-state index contributed by atoms with van der Waals surface area (Å²) in [6.07, 6.45) is 3.94. The van der Waals surface area contributed by atoms with Crippen LogP contribution in [0.15, 0.2) is 42.7 Å². The largest absolute Gasteiger partial charge is 0.480 e. The van der Waals surface area contributed by atoms with E-state index in [4.69, 9.17) is 9.47 Å². The van der Waals surface area contributed by atoms with Crippen LogP contribution in [0.4, 0.5) is 0 Å². The van der Waals surface area contributed by atoms with Gasteiger partial charge >= 0.3 is 0 Å². The fourth-order valence-electron chi connectivity index (χ4n) is 3.51. The van der Waals surface area contributed by atoms with Gasteiger partial charge in [-0.3, -0.25) is 9.78 Å². The van der Waals surface area contributed by atoms with Gasteiger partial charge in [0.2, 0.25) is 11.8 Å². The molecule has 4 rings (SSSR count). The van der Waals surface area contributed by atoms with Gasteiger partial charge in [-0.1, -0.05) is 29.8 Å².